The van der Waals surface area contributed by atoms with Crippen LogP contribution in [0.2, 0.25) is 5.15 Å². The van der Waals surface area contributed by atoms with E-state index < -0.39 is 11.4 Å². The molecule has 3 N–H and O–H groups in total. The van der Waals surface area contributed by atoms with Gasteiger partial charge < -0.3 is 10.4 Å². The SMILES string of the molecule is O=C(O)C1(c2ccc(-c3ccc(-c4cn[nH]c4CNc4cncc(Cl)n4)nc3)cc2)CC1. The van der Waals surface area contributed by atoms with Crippen molar-refractivity contribution in [2.45, 2.75) is 24.8 Å². The van der Waals surface area contributed by atoms with Crippen molar-refractivity contribution in [2.24, 2.45) is 0 Å². The summed E-state index contributed by atoms with van der Waals surface area (Å²) in [6.07, 6.45) is 8.01. The van der Waals surface area contributed by atoms with Crippen LogP contribution in [-0.2, 0) is 16.8 Å². The highest BCUT2D eigenvalue weighted by molar-refractivity contribution is 6.29. The van der Waals surface area contributed by atoms with E-state index in [1.807, 2.05) is 36.4 Å². The molecule has 0 radical (unpaired) electrons. The number of hydrogen-bond donors (Lipinski definition) is 3. The molecule has 0 unspecified atom stereocenters. The first kappa shape index (κ1) is 20.1. The van der Waals surface area contributed by atoms with Gasteiger partial charge in [0.2, 0.25) is 0 Å². The number of halogens is 1. The minimum Gasteiger partial charge on any atom is -0.481 e. The van der Waals surface area contributed by atoms with E-state index >= 15 is 0 Å². The van der Waals surface area contributed by atoms with Gasteiger partial charge in [-0.3, -0.25) is 19.9 Å². The molecule has 1 aliphatic rings. The molecule has 8 nitrogen and oxygen atoms in total. The largest absolute Gasteiger partial charge is 0.481 e. The summed E-state index contributed by atoms with van der Waals surface area (Å²) in [7, 11) is 0. The summed E-state index contributed by atoms with van der Waals surface area (Å²) in [5.74, 6) is -0.176. The average Bonchev–Trinajstić information content (AvgIpc) is 3.50. The van der Waals surface area contributed by atoms with E-state index in [4.69, 9.17) is 11.6 Å². The molecule has 1 aromatic carbocycles. The number of carboxylic acids is 1. The molecule has 0 aliphatic heterocycles. The summed E-state index contributed by atoms with van der Waals surface area (Å²) in [5.41, 5.74) is 4.64. The summed E-state index contributed by atoms with van der Waals surface area (Å²) in [6.45, 7) is 0.459. The first-order valence-corrected chi connectivity index (χ1v) is 10.5. The molecule has 1 aliphatic carbocycles. The maximum Gasteiger partial charge on any atom is 0.314 e. The fourth-order valence-corrected chi connectivity index (χ4v) is 3.88. The number of benzene rings is 1. The zero-order valence-corrected chi connectivity index (χ0v) is 17.7. The number of aromatic nitrogens is 5. The fourth-order valence-electron chi connectivity index (χ4n) is 3.73. The summed E-state index contributed by atoms with van der Waals surface area (Å²) >= 11 is 5.88. The van der Waals surface area contributed by atoms with Gasteiger partial charge in [0.1, 0.15) is 11.0 Å². The third-order valence-electron chi connectivity index (χ3n) is 5.74. The maximum absolute atomic E-state index is 11.5. The van der Waals surface area contributed by atoms with Crippen molar-refractivity contribution in [3.05, 3.63) is 77.6 Å². The van der Waals surface area contributed by atoms with Gasteiger partial charge in [-0.1, -0.05) is 41.9 Å². The van der Waals surface area contributed by atoms with E-state index in [1.54, 1.807) is 18.6 Å². The average molecular weight is 447 g/mol. The van der Waals surface area contributed by atoms with Crippen LogP contribution >= 0.6 is 11.6 Å². The van der Waals surface area contributed by atoms with Crippen LogP contribution in [0.3, 0.4) is 0 Å². The van der Waals surface area contributed by atoms with Crippen LogP contribution in [0.4, 0.5) is 5.82 Å². The normalized spacial score (nSPS) is 14.2. The van der Waals surface area contributed by atoms with E-state index in [0.29, 0.717) is 30.4 Å². The summed E-state index contributed by atoms with van der Waals surface area (Å²) in [6, 6.07) is 11.7. The number of nitrogens with zero attached hydrogens (tertiary/aromatic N) is 4. The van der Waals surface area contributed by atoms with Gasteiger partial charge in [-0.25, -0.2) is 4.98 Å². The molecular formula is C23H19ClN6O2. The van der Waals surface area contributed by atoms with E-state index in [1.165, 1.54) is 6.20 Å². The third kappa shape index (κ3) is 3.80. The molecule has 0 amide bonds. The first-order chi connectivity index (χ1) is 15.5. The van der Waals surface area contributed by atoms with Crippen molar-refractivity contribution >= 4 is 23.4 Å². The van der Waals surface area contributed by atoms with Crippen molar-refractivity contribution in [2.75, 3.05) is 5.32 Å². The van der Waals surface area contributed by atoms with E-state index in [0.717, 1.165) is 33.6 Å². The second-order valence-corrected chi connectivity index (χ2v) is 8.13. The Balaban J connectivity index is 1.31. The number of hydrogen-bond acceptors (Lipinski definition) is 6. The Morgan fingerprint density at radius 3 is 2.50 bits per heavy atom. The molecule has 160 valence electrons. The van der Waals surface area contributed by atoms with Gasteiger partial charge in [0, 0.05) is 17.3 Å². The van der Waals surface area contributed by atoms with E-state index in [9.17, 15) is 9.90 Å². The molecule has 0 atom stereocenters. The smallest absolute Gasteiger partial charge is 0.314 e. The Morgan fingerprint density at radius 2 is 1.84 bits per heavy atom. The lowest BCUT2D eigenvalue weighted by Crippen LogP contribution is -2.19. The second-order valence-electron chi connectivity index (χ2n) is 7.74. The quantitative estimate of drug-likeness (QED) is 0.387. The number of anilines is 1. The Bertz CT molecular complexity index is 1270. The van der Waals surface area contributed by atoms with Crippen molar-refractivity contribution in [3.63, 3.8) is 0 Å². The Hall–Kier alpha value is -3.78. The van der Waals surface area contributed by atoms with Gasteiger partial charge in [-0.15, -0.1) is 0 Å². The van der Waals surface area contributed by atoms with E-state index in [-0.39, 0.29) is 0 Å². The molecule has 1 saturated carbocycles. The third-order valence-corrected chi connectivity index (χ3v) is 5.92. The van der Waals surface area contributed by atoms with Gasteiger partial charge >= 0.3 is 5.97 Å². The molecule has 4 aromatic rings. The van der Waals surface area contributed by atoms with Crippen LogP contribution in [0.5, 0.6) is 0 Å². The number of nitrogens with one attached hydrogen (secondary N) is 2. The number of carbonyl (C=O) groups is 1. The number of aliphatic carboxylic acids is 1. The lowest BCUT2D eigenvalue weighted by atomic mass is 9.94. The number of rotatable bonds is 7. The van der Waals surface area contributed by atoms with Crippen LogP contribution in [0.1, 0.15) is 24.1 Å². The molecule has 0 bridgehead atoms. The van der Waals surface area contributed by atoms with E-state index in [2.05, 4.69) is 30.5 Å². The van der Waals surface area contributed by atoms with Crippen molar-refractivity contribution in [1.29, 1.82) is 0 Å². The molecule has 0 saturated heterocycles. The highest BCUT2D eigenvalue weighted by Gasteiger charge is 2.51. The minimum absolute atomic E-state index is 0.320. The summed E-state index contributed by atoms with van der Waals surface area (Å²) in [4.78, 5) is 24.3. The molecule has 5 rings (SSSR count). The van der Waals surface area contributed by atoms with Crippen LogP contribution in [0.25, 0.3) is 22.4 Å². The highest BCUT2D eigenvalue weighted by atomic mass is 35.5. The Morgan fingerprint density at radius 1 is 1.06 bits per heavy atom. The van der Waals surface area contributed by atoms with Gasteiger partial charge in [0.05, 0.1) is 41.9 Å². The number of H-pyrrole nitrogens is 1. The zero-order valence-electron chi connectivity index (χ0n) is 16.9. The van der Waals surface area contributed by atoms with Gasteiger partial charge in [-0.2, -0.15) is 5.10 Å². The fraction of sp³-hybridized carbons (Fsp3) is 0.174. The lowest BCUT2D eigenvalue weighted by molar-refractivity contribution is -0.140. The number of pyridine rings is 1. The Kier molecular flexibility index (Phi) is 5.07. The van der Waals surface area contributed by atoms with Gasteiger partial charge in [-0.05, 0) is 30.0 Å². The van der Waals surface area contributed by atoms with Gasteiger partial charge in [0.25, 0.3) is 0 Å². The highest BCUT2D eigenvalue weighted by Crippen LogP contribution is 2.48. The standard InChI is InChI=1S/C23H19ClN6O2/c24-20-12-25-13-21(29-20)27-11-19-17(10-28-30-19)18-6-3-15(9-26-18)14-1-4-16(5-2-14)23(7-8-23)22(31)32/h1-6,9-10,12-13H,7-8,11H2,(H,27,29)(H,28,30)(H,31,32). The van der Waals surface area contributed by atoms with Crippen molar-refractivity contribution in [1.82, 2.24) is 25.1 Å². The molecule has 32 heavy (non-hydrogen) atoms. The van der Waals surface area contributed by atoms with Crippen molar-refractivity contribution < 1.29 is 9.90 Å². The molecule has 3 aromatic heterocycles. The van der Waals surface area contributed by atoms with Crippen LogP contribution < -0.4 is 5.32 Å². The summed E-state index contributed by atoms with van der Waals surface area (Å²) in [5, 5.41) is 20.1. The number of aromatic amines is 1. The molecule has 3 heterocycles. The topological polar surface area (TPSA) is 117 Å². The Labute approximate surface area is 188 Å². The predicted octanol–water partition coefficient (Wildman–Crippen LogP) is 4.31. The van der Waals surface area contributed by atoms with Gasteiger partial charge in [0.15, 0.2) is 0 Å². The second kappa shape index (κ2) is 8.05. The first-order valence-electron chi connectivity index (χ1n) is 10.1. The molecular weight excluding hydrogens is 428 g/mol. The molecule has 1 fully saturated rings. The minimum atomic E-state index is -0.746. The predicted molar refractivity (Wildman–Crippen MR) is 120 cm³/mol. The summed E-state index contributed by atoms with van der Waals surface area (Å²) < 4.78 is 0. The molecule has 0 spiro atoms. The molecule has 9 heteroatoms. The lowest BCUT2D eigenvalue weighted by Gasteiger charge is -2.11. The zero-order chi connectivity index (χ0) is 22.1. The number of carboxylic acid groups (broad SMARTS) is 1. The van der Waals surface area contributed by atoms with Crippen molar-refractivity contribution in [3.8, 4) is 22.4 Å². The van der Waals surface area contributed by atoms with Crippen LogP contribution in [-0.4, -0.2) is 36.2 Å². The van der Waals surface area contributed by atoms with Crippen LogP contribution in [0.15, 0.2) is 61.2 Å². The van der Waals surface area contributed by atoms with Crippen LogP contribution in [0, 0.1) is 0 Å². The monoisotopic (exact) mass is 446 g/mol. The maximum atomic E-state index is 11.5.